The van der Waals surface area contributed by atoms with Crippen LogP contribution in [0, 0.1) is 0 Å². The molecule has 6 aromatic rings. The number of carbonyl (C=O) groups excluding carboxylic acids is 2. The number of morpholine rings is 2. The molecule has 20 nitrogen and oxygen atoms in total. The molecule has 704 valence electrons. The molecule has 1 N–H and O–H groups in total. The number of carbonyl (C=O) groups is 2. The lowest BCUT2D eigenvalue weighted by Crippen LogP contribution is -2.46. The Kier molecular flexibility index (Phi) is 96.2. The number of ether oxygens (including phenoxy) is 2. The van der Waals surface area contributed by atoms with Gasteiger partial charge in [0.1, 0.15) is 6.61 Å². The fraction of sp³-hybridized carbons (Fsp3) is 0.750. The Bertz CT molecular complexity index is 2950. The second kappa shape index (κ2) is 89.2. The molecule has 20 heteroatoms. The molecule has 6 fully saturated rings. The van der Waals surface area contributed by atoms with E-state index in [9.17, 15) is 19.2 Å². The Morgan fingerprint density at radius 3 is 1.06 bits per heavy atom. The maximum atomic E-state index is 11.2. The van der Waals surface area contributed by atoms with E-state index in [2.05, 4.69) is 190 Å². The van der Waals surface area contributed by atoms with Gasteiger partial charge >= 0.3 is 0 Å². The van der Waals surface area contributed by atoms with Crippen molar-refractivity contribution in [3.05, 3.63) is 125 Å². The highest BCUT2D eigenvalue weighted by Gasteiger charge is 2.22. The van der Waals surface area contributed by atoms with Gasteiger partial charge in [0, 0.05) is 155 Å². The molecule has 0 unspecified atom stereocenters. The predicted octanol–water partition coefficient (Wildman–Crippen LogP) is 24.2. The Morgan fingerprint density at radius 1 is 0.317 bits per heavy atom. The first-order valence-electron chi connectivity index (χ1n) is 48.1. The third-order valence-corrected chi connectivity index (χ3v) is 18.2. The van der Waals surface area contributed by atoms with Gasteiger partial charge in [-0.15, -0.1) is 0 Å². The maximum absolute atomic E-state index is 11.2. The number of aromatic nitrogens is 7. The van der Waals surface area contributed by atoms with Crippen molar-refractivity contribution < 1.29 is 19.1 Å². The van der Waals surface area contributed by atoms with Crippen molar-refractivity contribution >= 4 is 33.6 Å². The molecule has 4 aromatic heterocycles. The first-order valence-corrected chi connectivity index (χ1v) is 48.1. The lowest BCUT2D eigenvalue weighted by Gasteiger charge is -2.30. The minimum Gasteiger partial charge on any atom is -0.379 e. The Balaban J connectivity index is -0.000000189. The zero-order chi connectivity index (χ0) is 94.1. The number of hydrogen-bond donors (Lipinski definition) is 1. The third kappa shape index (κ3) is 61.2. The van der Waals surface area contributed by atoms with E-state index in [0.29, 0.717) is 42.7 Å². The molecule has 0 atom stereocenters. The van der Waals surface area contributed by atoms with Gasteiger partial charge in [0.05, 0.1) is 43.9 Å². The molecule has 0 aliphatic carbocycles. The van der Waals surface area contributed by atoms with Gasteiger partial charge in [-0.3, -0.25) is 38.2 Å². The van der Waals surface area contributed by atoms with E-state index < -0.39 is 0 Å². The van der Waals surface area contributed by atoms with Crippen molar-refractivity contribution in [1.82, 2.24) is 68.4 Å². The van der Waals surface area contributed by atoms with E-state index in [1.165, 1.54) is 129 Å². The van der Waals surface area contributed by atoms with Crippen molar-refractivity contribution in [2.45, 2.75) is 395 Å². The number of fused-ring (bicyclic) bond motifs is 2. The largest absolute Gasteiger partial charge is 0.379 e. The molecule has 120 heavy (non-hydrogen) atoms. The molecule has 2 amide bonds. The second-order valence-electron chi connectivity index (χ2n) is 29.3. The fourth-order valence-electron chi connectivity index (χ4n) is 12.1. The van der Waals surface area contributed by atoms with Crippen LogP contribution in [0.4, 0.5) is 0 Å². The second-order valence-corrected chi connectivity index (χ2v) is 29.3. The average molecular weight is 1690 g/mol. The van der Waals surface area contributed by atoms with Gasteiger partial charge in [0.25, 0.3) is 11.1 Å². The van der Waals surface area contributed by atoms with E-state index in [-0.39, 0.29) is 35.7 Å². The van der Waals surface area contributed by atoms with Gasteiger partial charge < -0.3 is 39.0 Å². The van der Waals surface area contributed by atoms with Crippen LogP contribution in [-0.4, -0.2) is 216 Å². The number of rotatable bonds is 10. The van der Waals surface area contributed by atoms with E-state index in [1.54, 1.807) is 23.2 Å². The van der Waals surface area contributed by atoms with Crippen molar-refractivity contribution in [2.75, 3.05) is 105 Å². The van der Waals surface area contributed by atoms with Crippen LogP contribution >= 0.6 is 0 Å². The summed E-state index contributed by atoms with van der Waals surface area (Å²) in [6, 6.07) is 28.5. The van der Waals surface area contributed by atoms with Crippen molar-refractivity contribution in [2.24, 2.45) is 0 Å². The van der Waals surface area contributed by atoms with Gasteiger partial charge in [0.15, 0.2) is 0 Å². The minimum absolute atomic E-state index is 0.00463. The fourth-order valence-corrected chi connectivity index (χ4v) is 12.1. The van der Waals surface area contributed by atoms with E-state index in [1.807, 2.05) is 213 Å². The summed E-state index contributed by atoms with van der Waals surface area (Å²) >= 11 is 0. The number of nitrogens with one attached hydrogen (secondary N) is 1. The van der Waals surface area contributed by atoms with Crippen LogP contribution < -0.4 is 16.4 Å². The predicted molar refractivity (Wildman–Crippen MR) is 530 cm³/mol. The van der Waals surface area contributed by atoms with Gasteiger partial charge in [-0.1, -0.05) is 188 Å². The number of nitrogens with zero attached hydrogens (tertiary/aromatic N) is 13. The van der Waals surface area contributed by atoms with Crippen molar-refractivity contribution in [3.63, 3.8) is 0 Å². The zero-order valence-corrected chi connectivity index (χ0v) is 86.0. The highest BCUT2D eigenvalue weighted by molar-refractivity contribution is 5.80. The van der Waals surface area contributed by atoms with Crippen LogP contribution in [0.1, 0.15) is 359 Å². The first kappa shape index (κ1) is 129. The summed E-state index contributed by atoms with van der Waals surface area (Å²) in [5, 5.41) is 14.1. The van der Waals surface area contributed by atoms with Crippen LogP contribution in [0.25, 0.3) is 21.8 Å². The number of para-hydroxylation sites is 2. The van der Waals surface area contributed by atoms with Gasteiger partial charge in [0.2, 0.25) is 11.8 Å². The number of piperidine rings is 3. The standard InChI is InChI=1S/C11H13N.C10H12N2.C8H15NO.2C8H17N.2C7H10N2O.C7H16N2.C7H13NO2.C7H15NO.10C2H6/c1-9(2)12-8-7-10-5-3-4-6-11(10)12;1-8(2)12-10-6-4-3-5-9(10)7-11-12;1-7(2)9-6-4-3-5-8(9)10;2*1-8(2)9-6-4-3-5-7-9;1-6(2)9-5-8-4-3-7(9)10;1-6(2)9-7(10)4-3-5-8-9;1-7(2)9-5-3-8-4-6-9;1-6(2)8-3-4-10-5-7(8)9;1-7(2)8-3-5-9-6-4-8;10*1-2/h3-9H,1-2H3;3-8H,1-2H3;7H,3-6H2,1-2H3;2*8H,3-7H2,1-2H3;2*3-6H,1-2H3;7-8H,3-6H2,1-2H3;6H,3-5H2,1-2H3;7H,3-6H2,1-2H3;10*1-2H3. The quantitative estimate of drug-likeness (QED) is 0.137. The molecule has 2 aromatic carbocycles. The molecule has 0 radical (unpaired) electrons. The summed E-state index contributed by atoms with van der Waals surface area (Å²) in [6.45, 7) is 99.5. The number of benzene rings is 2. The molecule has 0 saturated carbocycles. The average Bonchev–Trinajstić information content (AvgIpc) is 1.69. The SMILES string of the molecule is CC.CC.CC.CC.CC.CC.CC.CC.CC.CC.CC(C)N1CCCCC1.CC(C)N1CCCCC1.CC(C)N1CCCCC1=O.CC(C)N1CCNCC1.CC(C)N1CCOCC1.CC(C)N1CCOCC1=O.CC(C)n1ccc2ccccc21.CC(C)n1cnccc1=O.CC(C)n1ncc2ccccc21.CC(C)n1ncccc1=O. The molecule has 0 bridgehead atoms. The molecule has 6 aliphatic rings. The first-order chi connectivity index (χ1) is 57.7. The zero-order valence-electron chi connectivity index (χ0n) is 86.0. The number of piperazine rings is 1. The van der Waals surface area contributed by atoms with Crippen LogP contribution in [0.3, 0.4) is 0 Å². The Hall–Kier alpha value is -6.13. The maximum Gasteiger partial charge on any atom is 0.266 e. The van der Waals surface area contributed by atoms with Crippen molar-refractivity contribution in [3.8, 4) is 0 Å². The third-order valence-electron chi connectivity index (χ3n) is 18.2. The van der Waals surface area contributed by atoms with Crippen molar-refractivity contribution in [1.29, 1.82) is 0 Å². The van der Waals surface area contributed by atoms with E-state index in [4.69, 9.17) is 9.47 Å². The summed E-state index contributed by atoms with van der Waals surface area (Å²) in [5.74, 6) is 0.447. The smallest absolute Gasteiger partial charge is 0.266 e. The summed E-state index contributed by atoms with van der Waals surface area (Å²) in [6.07, 6.45) is 20.3. The number of amides is 2. The molecular formula is C100H198N14O6. The monoisotopic (exact) mass is 1690 g/mol. The normalized spacial score (nSPS) is 14.8. The molecule has 6 saturated heterocycles. The molecule has 12 rings (SSSR count). The van der Waals surface area contributed by atoms with Gasteiger partial charge in [-0.25, -0.2) is 9.67 Å². The molecule has 10 heterocycles. The number of likely N-dealkylation sites (tertiary alicyclic amines) is 3. The summed E-state index contributed by atoms with van der Waals surface area (Å²) in [5.41, 5.74) is 2.50. The summed E-state index contributed by atoms with van der Waals surface area (Å²) in [4.78, 5) is 61.8. The van der Waals surface area contributed by atoms with Gasteiger partial charge in [-0.05, 0) is 233 Å². The molecule has 6 aliphatic heterocycles. The van der Waals surface area contributed by atoms with Gasteiger partial charge in [-0.2, -0.15) is 10.2 Å². The van der Waals surface area contributed by atoms with E-state index >= 15 is 0 Å². The Morgan fingerprint density at radius 2 is 0.717 bits per heavy atom. The lowest BCUT2D eigenvalue weighted by molar-refractivity contribution is -0.144. The lowest BCUT2D eigenvalue weighted by atomic mass is 10.1. The summed E-state index contributed by atoms with van der Waals surface area (Å²) < 4.78 is 17.5. The molecular weight excluding hydrogens is 1490 g/mol. The minimum atomic E-state index is -0.0440. The topological polar surface area (TPSA) is 177 Å². The van der Waals surface area contributed by atoms with Crippen LogP contribution in [0.2, 0.25) is 0 Å². The highest BCUT2D eigenvalue weighted by atomic mass is 16.5. The van der Waals surface area contributed by atoms with Crippen LogP contribution in [0.5, 0.6) is 0 Å². The highest BCUT2D eigenvalue weighted by Crippen LogP contribution is 2.20. The number of hydrogen-bond acceptors (Lipinski definition) is 14. The molecule has 0 spiro atoms. The van der Waals surface area contributed by atoms with E-state index in [0.717, 1.165) is 83.4 Å². The van der Waals surface area contributed by atoms with Crippen LogP contribution in [-0.2, 0) is 19.1 Å². The Labute approximate surface area is 741 Å². The summed E-state index contributed by atoms with van der Waals surface area (Å²) in [7, 11) is 0. The van der Waals surface area contributed by atoms with Crippen LogP contribution in [0.15, 0.2) is 114 Å².